The second kappa shape index (κ2) is 9.07. The van der Waals surface area contributed by atoms with Crippen LogP contribution in [0.2, 0.25) is 0 Å². The molecule has 1 saturated heterocycles. The molecule has 170 valence electrons. The van der Waals surface area contributed by atoms with Gasteiger partial charge in [-0.25, -0.2) is 4.98 Å². The monoisotopic (exact) mass is 443 g/mol. The Morgan fingerprint density at radius 3 is 2.70 bits per heavy atom. The number of carbonyl (C=O) groups excluding carboxylic acids is 1. The van der Waals surface area contributed by atoms with Crippen molar-refractivity contribution in [2.75, 3.05) is 44.7 Å². The van der Waals surface area contributed by atoms with Crippen LogP contribution in [0.3, 0.4) is 0 Å². The Hall–Kier alpha value is -3.65. The van der Waals surface area contributed by atoms with E-state index in [-0.39, 0.29) is 5.91 Å². The van der Waals surface area contributed by atoms with Gasteiger partial charge in [0, 0.05) is 70.3 Å². The largest absolute Gasteiger partial charge is 0.361 e. The summed E-state index contributed by atoms with van der Waals surface area (Å²) in [5, 5.41) is 10.8. The molecule has 2 N–H and O–H groups in total. The highest BCUT2D eigenvalue weighted by Gasteiger charge is 2.18. The van der Waals surface area contributed by atoms with Crippen molar-refractivity contribution in [1.29, 1.82) is 0 Å². The molecule has 33 heavy (non-hydrogen) atoms. The van der Waals surface area contributed by atoms with Crippen LogP contribution in [0.5, 0.6) is 0 Å². The Labute approximate surface area is 193 Å². The van der Waals surface area contributed by atoms with Crippen molar-refractivity contribution in [2.24, 2.45) is 7.05 Å². The molecule has 0 saturated carbocycles. The third-order valence-electron chi connectivity index (χ3n) is 6.29. The first-order valence-corrected chi connectivity index (χ1v) is 11.3. The van der Waals surface area contributed by atoms with E-state index in [4.69, 9.17) is 0 Å². The van der Waals surface area contributed by atoms with Gasteiger partial charge in [0.1, 0.15) is 11.6 Å². The maximum Gasteiger partial charge on any atom is 0.256 e. The molecule has 0 unspecified atom stereocenters. The number of anilines is 1. The maximum atomic E-state index is 13.2. The van der Waals surface area contributed by atoms with Crippen LogP contribution in [0.25, 0.3) is 17.2 Å². The Morgan fingerprint density at radius 1 is 1.06 bits per heavy atom. The molecule has 0 radical (unpaired) electrons. The van der Waals surface area contributed by atoms with Crippen molar-refractivity contribution in [3.63, 3.8) is 0 Å². The highest BCUT2D eigenvalue weighted by atomic mass is 16.1. The number of amides is 1. The average Bonchev–Trinajstić information content (AvgIpc) is 3.22. The van der Waals surface area contributed by atoms with Crippen LogP contribution >= 0.6 is 0 Å². The van der Waals surface area contributed by atoms with Crippen LogP contribution in [0.1, 0.15) is 21.5 Å². The number of piperazine rings is 1. The number of likely N-dealkylation sites (N-methyl/N-ethyl adjacent to an activating group) is 1. The van der Waals surface area contributed by atoms with Crippen LogP contribution in [0, 0.1) is 0 Å². The first kappa shape index (κ1) is 21.2. The molecule has 0 aliphatic carbocycles. The fourth-order valence-electron chi connectivity index (χ4n) is 4.32. The predicted octanol–water partition coefficient (Wildman–Crippen LogP) is 2.11. The summed E-state index contributed by atoms with van der Waals surface area (Å²) in [4.78, 5) is 21.9. The van der Waals surface area contributed by atoms with E-state index in [0.717, 1.165) is 67.5 Å². The summed E-state index contributed by atoms with van der Waals surface area (Å²) in [6, 6.07) is 10.1. The lowest BCUT2D eigenvalue weighted by molar-refractivity contribution is 0.0954. The lowest BCUT2D eigenvalue weighted by Gasteiger charge is -2.28. The van der Waals surface area contributed by atoms with Crippen molar-refractivity contribution in [2.45, 2.75) is 6.42 Å². The van der Waals surface area contributed by atoms with E-state index >= 15 is 0 Å². The van der Waals surface area contributed by atoms with Crippen molar-refractivity contribution in [3.05, 3.63) is 71.4 Å². The normalized spacial score (nSPS) is 16.1. The fraction of sp³-hybridized carbons (Fsp3) is 0.320. The number of hydrogen-bond acceptors (Lipinski definition) is 6. The van der Waals surface area contributed by atoms with E-state index in [1.165, 1.54) is 5.56 Å². The van der Waals surface area contributed by atoms with Crippen LogP contribution in [0.4, 0.5) is 5.82 Å². The summed E-state index contributed by atoms with van der Waals surface area (Å²) in [5.41, 5.74) is 5.19. The second-order valence-corrected chi connectivity index (χ2v) is 8.61. The molecule has 8 nitrogen and oxygen atoms in total. The highest BCUT2D eigenvalue weighted by molar-refractivity contribution is 5.96. The zero-order chi connectivity index (χ0) is 22.8. The number of benzene rings is 1. The van der Waals surface area contributed by atoms with Gasteiger partial charge in [0.2, 0.25) is 0 Å². The summed E-state index contributed by atoms with van der Waals surface area (Å²) >= 11 is 0. The van der Waals surface area contributed by atoms with E-state index in [2.05, 4.69) is 54.8 Å². The molecular weight excluding hydrogens is 414 g/mol. The summed E-state index contributed by atoms with van der Waals surface area (Å²) in [6.07, 6.45) is 8.58. The second-order valence-electron chi connectivity index (χ2n) is 8.61. The standard InChI is InChI=1S/C25H29N7O/c1-30-10-6-18-3-4-19(22-16-28-31(2)17-22)13-21(18)15-24(30)29-25(33)20-5-7-27-23(14-20)32-11-8-26-9-12-32/h3-5,7,13-17,26H,6,8-12H2,1-2H3,(H,29,33). The minimum absolute atomic E-state index is 0.126. The fourth-order valence-corrected chi connectivity index (χ4v) is 4.32. The predicted molar refractivity (Wildman–Crippen MR) is 130 cm³/mol. The molecule has 1 fully saturated rings. The van der Waals surface area contributed by atoms with E-state index in [1.54, 1.807) is 16.9 Å². The quantitative estimate of drug-likeness (QED) is 0.643. The van der Waals surface area contributed by atoms with Crippen LogP contribution in [-0.2, 0) is 13.5 Å². The van der Waals surface area contributed by atoms with E-state index in [9.17, 15) is 4.79 Å². The molecule has 3 aromatic rings. The Bertz CT molecular complexity index is 1190. The Morgan fingerprint density at radius 2 is 1.91 bits per heavy atom. The third-order valence-corrected chi connectivity index (χ3v) is 6.29. The molecule has 1 amide bonds. The van der Waals surface area contributed by atoms with Gasteiger partial charge < -0.3 is 20.4 Å². The molecular formula is C25H29N7O. The number of rotatable bonds is 4. The highest BCUT2D eigenvalue weighted by Crippen LogP contribution is 2.26. The molecule has 0 atom stereocenters. The smallest absolute Gasteiger partial charge is 0.256 e. The van der Waals surface area contributed by atoms with Gasteiger partial charge in [-0.05, 0) is 47.4 Å². The Kier molecular flexibility index (Phi) is 5.83. The van der Waals surface area contributed by atoms with Gasteiger partial charge >= 0.3 is 0 Å². The van der Waals surface area contributed by atoms with Gasteiger partial charge in [-0.15, -0.1) is 0 Å². The van der Waals surface area contributed by atoms with Crippen molar-refractivity contribution >= 4 is 17.8 Å². The molecule has 2 aliphatic heterocycles. The molecule has 8 heteroatoms. The summed E-state index contributed by atoms with van der Waals surface area (Å²) in [5.74, 6) is 1.51. The molecule has 0 spiro atoms. The lowest BCUT2D eigenvalue weighted by Crippen LogP contribution is -2.44. The number of hydrogen-bond donors (Lipinski definition) is 2. The third kappa shape index (κ3) is 4.61. The Balaban J connectivity index is 1.40. The van der Waals surface area contributed by atoms with Gasteiger partial charge in [0.05, 0.1) is 6.20 Å². The SMILES string of the molecule is CN1CCc2ccc(-c3cnn(C)c3)cc2C=C1NC(=O)c1ccnc(N2CCNCC2)c1. The summed E-state index contributed by atoms with van der Waals surface area (Å²) in [6.45, 7) is 4.46. The maximum absolute atomic E-state index is 13.2. The minimum Gasteiger partial charge on any atom is -0.361 e. The molecule has 5 rings (SSSR count). The van der Waals surface area contributed by atoms with Gasteiger partial charge in [-0.2, -0.15) is 5.10 Å². The molecule has 0 bridgehead atoms. The van der Waals surface area contributed by atoms with Crippen LogP contribution in [0.15, 0.2) is 54.7 Å². The van der Waals surface area contributed by atoms with Crippen molar-refractivity contribution < 1.29 is 4.79 Å². The minimum atomic E-state index is -0.126. The van der Waals surface area contributed by atoms with E-state index in [0.29, 0.717) is 5.56 Å². The molecule has 2 aliphatic rings. The van der Waals surface area contributed by atoms with Crippen molar-refractivity contribution in [3.8, 4) is 11.1 Å². The van der Waals surface area contributed by atoms with E-state index < -0.39 is 0 Å². The number of pyridine rings is 1. The van der Waals surface area contributed by atoms with Crippen molar-refractivity contribution in [1.82, 2.24) is 30.3 Å². The zero-order valence-corrected chi connectivity index (χ0v) is 19.1. The van der Waals surface area contributed by atoms with Gasteiger partial charge in [-0.3, -0.25) is 9.48 Å². The molecule has 4 heterocycles. The molecule has 1 aromatic carbocycles. The zero-order valence-electron chi connectivity index (χ0n) is 19.1. The number of fused-ring (bicyclic) bond motifs is 1. The first-order chi connectivity index (χ1) is 16.1. The number of carbonyl (C=O) groups is 1. The van der Waals surface area contributed by atoms with Gasteiger partial charge in [0.25, 0.3) is 5.91 Å². The summed E-state index contributed by atoms with van der Waals surface area (Å²) in [7, 11) is 3.93. The molecule has 2 aromatic heterocycles. The summed E-state index contributed by atoms with van der Waals surface area (Å²) < 4.78 is 1.81. The van der Waals surface area contributed by atoms with Gasteiger partial charge in [0.15, 0.2) is 0 Å². The van der Waals surface area contributed by atoms with Gasteiger partial charge in [-0.1, -0.05) is 12.1 Å². The lowest BCUT2D eigenvalue weighted by atomic mass is 9.99. The van der Waals surface area contributed by atoms with E-state index in [1.807, 2.05) is 32.6 Å². The number of aryl methyl sites for hydroxylation is 1. The average molecular weight is 444 g/mol. The number of nitrogens with one attached hydrogen (secondary N) is 2. The van der Waals surface area contributed by atoms with Crippen LogP contribution in [-0.4, -0.2) is 65.3 Å². The number of aromatic nitrogens is 3. The topological polar surface area (TPSA) is 78.3 Å². The first-order valence-electron chi connectivity index (χ1n) is 11.3. The van der Waals surface area contributed by atoms with Crippen LogP contribution < -0.4 is 15.5 Å². The number of nitrogens with zero attached hydrogens (tertiary/aromatic N) is 5.